The Morgan fingerprint density at radius 1 is 0.719 bits per heavy atom. The summed E-state index contributed by atoms with van der Waals surface area (Å²) < 4.78 is 79.0. The second-order valence-corrected chi connectivity index (χ2v) is 9.89. The van der Waals surface area contributed by atoms with Crippen LogP contribution in [0.15, 0.2) is 82.6 Å². The van der Waals surface area contributed by atoms with E-state index in [9.17, 15) is 21.2 Å². The summed E-state index contributed by atoms with van der Waals surface area (Å²) in [5.74, 6) is -0.0966. The average Bonchev–Trinajstić information content (AvgIpc) is 2.76. The zero-order valence-electron chi connectivity index (χ0n) is 17.0. The number of anilines is 2. The van der Waals surface area contributed by atoms with Crippen LogP contribution in [0.3, 0.4) is 0 Å². The van der Waals surface area contributed by atoms with Gasteiger partial charge in [-0.15, -0.1) is 0 Å². The highest BCUT2D eigenvalue weighted by molar-refractivity contribution is 7.93. The van der Waals surface area contributed by atoms with Crippen molar-refractivity contribution in [2.24, 2.45) is 0 Å². The van der Waals surface area contributed by atoms with Crippen LogP contribution in [-0.4, -0.2) is 37.2 Å². The molecule has 0 atom stereocenters. The van der Waals surface area contributed by atoms with Gasteiger partial charge in [0.05, 0.1) is 27.8 Å². The number of rotatable bonds is 10. The topological polar surface area (TPSA) is 111 Å². The van der Waals surface area contributed by atoms with Gasteiger partial charge in [0.1, 0.15) is 18.2 Å². The Morgan fingerprint density at radius 3 is 1.66 bits per heavy atom. The van der Waals surface area contributed by atoms with Crippen molar-refractivity contribution < 1.29 is 30.7 Å². The lowest BCUT2D eigenvalue weighted by atomic mass is 10.3. The molecule has 170 valence electrons. The van der Waals surface area contributed by atoms with Crippen molar-refractivity contribution in [2.75, 3.05) is 29.8 Å². The zero-order chi connectivity index (χ0) is 23.2. The van der Waals surface area contributed by atoms with Gasteiger partial charge in [-0.1, -0.05) is 12.1 Å². The van der Waals surface area contributed by atoms with Gasteiger partial charge in [-0.3, -0.25) is 9.44 Å². The van der Waals surface area contributed by atoms with Crippen molar-refractivity contribution in [1.29, 1.82) is 0 Å². The normalized spacial score (nSPS) is 11.7. The molecule has 0 amide bonds. The van der Waals surface area contributed by atoms with Crippen LogP contribution in [0.25, 0.3) is 0 Å². The molecule has 3 rings (SSSR count). The van der Waals surface area contributed by atoms with Gasteiger partial charge in [-0.2, -0.15) is 0 Å². The fourth-order valence-corrected chi connectivity index (χ4v) is 4.80. The number of benzene rings is 3. The standard InChI is InChI=1S/C21H21FN2O6S2/c1-29-14-15-30-17-8-12-19(13-9-17)32(27,28)24-21-5-3-2-4-20(21)23-31(25,26)18-10-6-16(22)7-11-18/h2-13,23-24H,14-15H2,1H3. The zero-order valence-corrected chi connectivity index (χ0v) is 18.6. The number of hydrogen-bond acceptors (Lipinski definition) is 6. The summed E-state index contributed by atoms with van der Waals surface area (Å²) in [6.45, 7) is 0.717. The molecule has 3 aromatic rings. The molecule has 0 saturated heterocycles. The molecule has 0 aliphatic carbocycles. The van der Waals surface area contributed by atoms with E-state index in [1.165, 1.54) is 36.4 Å². The van der Waals surface area contributed by atoms with Crippen molar-refractivity contribution in [3.8, 4) is 5.75 Å². The first-order valence-electron chi connectivity index (χ1n) is 9.33. The number of halogens is 1. The van der Waals surface area contributed by atoms with E-state index < -0.39 is 25.9 Å². The maximum atomic E-state index is 13.1. The Morgan fingerprint density at radius 2 is 1.19 bits per heavy atom. The van der Waals surface area contributed by atoms with E-state index in [0.29, 0.717) is 19.0 Å². The van der Waals surface area contributed by atoms with E-state index in [0.717, 1.165) is 24.3 Å². The highest BCUT2D eigenvalue weighted by atomic mass is 32.2. The highest BCUT2D eigenvalue weighted by Gasteiger charge is 2.20. The summed E-state index contributed by atoms with van der Waals surface area (Å²) >= 11 is 0. The van der Waals surface area contributed by atoms with Gasteiger partial charge in [0.15, 0.2) is 0 Å². The van der Waals surface area contributed by atoms with Crippen LogP contribution in [0.5, 0.6) is 5.75 Å². The molecule has 2 N–H and O–H groups in total. The first-order valence-corrected chi connectivity index (χ1v) is 12.3. The number of ether oxygens (including phenoxy) is 2. The van der Waals surface area contributed by atoms with Gasteiger partial charge in [-0.25, -0.2) is 21.2 Å². The number of nitrogens with one attached hydrogen (secondary N) is 2. The van der Waals surface area contributed by atoms with Crippen molar-refractivity contribution in [3.05, 3.63) is 78.6 Å². The van der Waals surface area contributed by atoms with E-state index in [4.69, 9.17) is 9.47 Å². The molecule has 3 aromatic carbocycles. The first kappa shape index (κ1) is 23.5. The third kappa shape index (κ3) is 5.96. The van der Waals surface area contributed by atoms with Crippen LogP contribution in [0.2, 0.25) is 0 Å². The van der Waals surface area contributed by atoms with Gasteiger partial charge in [0.2, 0.25) is 0 Å². The molecule has 8 nitrogen and oxygen atoms in total. The second-order valence-electron chi connectivity index (χ2n) is 6.52. The maximum absolute atomic E-state index is 13.1. The lowest BCUT2D eigenvalue weighted by Gasteiger charge is -2.15. The lowest BCUT2D eigenvalue weighted by Crippen LogP contribution is -2.17. The molecule has 0 saturated carbocycles. The third-order valence-electron chi connectivity index (χ3n) is 4.23. The number of para-hydroxylation sites is 2. The maximum Gasteiger partial charge on any atom is 0.261 e. The van der Waals surface area contributed by atoms with Crippen molar-refractivity contribution >= 4 is 31.4 Å². The first-order chi connectivity index (χ1) is 15.2. The minimum atomic E-state index is -4.07. The summed E-state index contributed by atoms with van der Waals surface area (Å²) in [7, 11) is -6.54. The summed E-state index contributed by atoms with van der Waals surface area (Å²) in [4.78, 5) is -0.201. The third-order valence-corrected chi connectivity index (χ3v) is 6.99. The Kier molecular flexibility index (Phi) is 7.33. The summed E-state index contributed by atoms with van der Waals surface area (Å²) in [5, 5.41) is 0. The van der Waals surface area contributed by atoms with E-state index in [-0.39, 0.29) is 21.2 Å². The predicted octanol–water partition coefficient (Wildman–Crippen LogP) is 3.45. The van der Waals surface area contributed by atoms with E-state index in [1.54, 1.807) is 19.2 Å². The van der Waals surface area contributed by atoms with Crippen LogP contribution < -0.4 is 14.2 Å². The molecule has 0 radical (unpaired) electrons. The monoisotopic (exact) mass is 480 g/mol. The minimum absolute atomic E-state index is 0.0138. The van der Waals surface area contributed by atoms with Crippen molar-refractivity contribution in [2.45, 2.75) is 9.79 Å². The second kappa shape index (κ2) is 9.98. The van der Waals surface area contributed by atoms with Gasteiger partial charge in [0, 0.05) is 7.11 Å². The van der Waals surface area contributed by atoms with Gasteiger partial charge in [0.25, 0.3) is 20.0 Å². The molecule has 0 bridgehead atoms. The predicted molar refractivity (Wildman–Crippen MR) is 118 cm³/mol. The van der Waals surface area contributed by atoms with Gasteiger partial charge < -0.3 is 9.47 Å². The molecule has 0 unspecified atom stereocenters. The molecule has 0 aliphatic heterocycles. The van der Waals surface area contributed by atoms with E-state index >= 15 is 0 Å². The summed E-state index contributed by atoms with van der Waals surface area (Å²) in [5.41, 5.74) is 0.0403. The molecule has 0 fully saturated rings. The van der Waals surface area contributed by atoms with Crippen LogP contribution in [0.1, 0.15) is 0 Å². The molecule has 0 heterocycles. The fourth-order valence-electron chi connectivity index (χ4n) is 2.64. The molecule has 0 spiro atoms. The lowest BCUT2D eigenvalue weighted by molar-refractivity contribution is 0.146. The van der Waals surface area contributed by atoms with Crippen molar-refractivity contribution in [3.63, 3.8) is 0 Å². The molecule has 32 heavy (non-hydrogen) atoms. The Balaban J connectivity index is 1.80. The fraction of sp³-hybridized carbons (Fsp3) is 0.143. The van der Waals surface area contributed by atoms with E-state index in [1.807, 2.05) is 0 Å². The number of sulfonamides is 2. The minimum Gasteiger partial charge on any atom is -0.491 e. The molecular formula is C21H21FN2O6S2. The Labute approximate surface area is 186 Å². The molecule has 0 aromatic heterocycles. The molecule has 11 heteroatoms. The van der Waals surface area contributed by atoms with Crippen LogP contribution >= 0.6 is 0 Å². The number of hydrogen-bond donors (Lipinski definition) is 2. The van der Waals surface area contributed by atoms with Crippen LogP contribution in [0, 0.1) is 5.82 Å². The van der Waals surface area contributed by atoms with Crippen LogP contribution in [0.4, 0.5) is 15.8 Å². The highest BCUT2D eigenvalue weighted by Crippen LogP contribution is 2.27. The molecular weight excluding hydrogens is 459 g/mol. The SMILES string of the molecule is COCCOc1ccc(S(=O)(=O)Nc2ccccc2NS(=O)(=O)c2ccc(F)cc2)cc1. The van der Waals surface area contributed by atoms with Gasteiger partial charge >= 0.3 is 0 Å². The van der Waals surface area contributed by atoms with Gasteiger partial charge in [-0.05, 0) is 60.7 Å². The Hall–Kier alpha value is -3.15. The molecule has 0 aliphatic rings. The summed E-state index contributed by atoms with van der Waals surface area (Å²) in [6, 6.07) is 16.0. The van der Waals surface area contributed by atoms with Crippen LogP contribution in [-0.2, 0) is 24.8 Å². The van der Waals surface area contributed by atoms with E-state index in [2.05, 4.69) is 9.44 Å². The smallest absolute Gasteiger partial charge is 0.261 e. The Bertz CT molecular complexity index is 1260. The van der Waals surface area contributed by atoms with Crippen molar-refractivity contribution in [1.82, 2.24) is 0 Å². The quantitative estimate of drug-likeness (QED) is 0.430. The largest absolute Gasteiger partial charge is 0.491 e. The summed E-state index contributed by atoms with van der Waals surface area (Å²) in [6.07, 6.45) is 0. The number of methoxy groups -OCH3 is 1. The average molecular weight is 481 g/mol.